The summed E-state index contributed by atoms with van der Waals surface area (Å²) in [4.78, 5) is 41.7. The van der Waals surface area contributed by atoms with Crippen LogP contribution in [0.15, 0.2) is 39.8 Å². The number of aromatic nitrogens is 2. The fraction of sp³-hybridized carbons (Fsp3) is 0.333. The number of nitrogens with zero attached hydrogens (tertiary/aromatic N) is 2. The van der Waals surface area contributed by atoms with E-state index in [1.165, 1.54) is 6.33 Å². The molecule has 8 heteroatoms. The Morgan fingerprint density at radius 1 is 1.28 bits per heavy atom. The molecule has 0 aliphatic heterocycles. The minimum absolute atomic E-state index is 0.0169. The van der Waals surface area contributed by atoms with Crippen LogP contribution in [0.1, 0.15) is 47.1 Å². The molecule has 2 aromatic heterocycles. The smallest absolute Gasteiger partial charge is 0.342 e. The largest absolute Gasteiger partial charge is 0.462 e. The number of carbonyl (C=O) groups excluding carboxylic acids is 2. The van der Waals surface area contributed by atoms with E-state index in [-0.39, 0.29) is 47.5 Å². The van der Waals surface area contributed by atoms with Crippen molar-refractivity contribution in [2.45, 2.75) is 40.3 Å². The topological polar surface area (TPSA) is 103 Å². The molecule has 0 saturated carbocycles. The average molecular weight is 397 g/mol. The maximum Gasteiger partial charge on any atom is 0.342 e. The van der Waals surface area contributed by atoms with Gasteiger partial charge in [0.05, 0.1) is 12.6 Å². The predicted octanol–water partition coefficient (Wildman–Crippen LogP) is 2.66. The first-order valence-electron chi connectivity index (χ1n) is 9.34. The van der Waals surface area contributed by atoms with Crippen LogP contribution < -0.4 is 10.9 Å². The lowest BCUT2D eigenvalue weighted by molar-refractivity contribution is -0.122. The molecule has 3 aromatic rings. The second kappa shape index (κ2) is 8.30. The van der Waals surface area contributed by atoms with Crippen LogP contribution in [0, 0.1) is 13.8 Å². The number of esters is 1. The average Bonchev–Trinajstić information content (AvgIpc) is 3.01. The number of fused-ring (bicyclic) bond motifs is 1. The van der Waals surface area contributed by atoms with E-state index in [4.69, 9.17) is 9.15 Å². The van der Waals surface area contributed by atoms with Crippen molar-refractivity contribution in [3.05, 3.63) is 63.4 Å². The lowest BCUT2D eigenvalue weighted by Crippen LogP contribution is -2.34. The molecule has 1 unspecified atom stereocenters. The van der Waals surface area contributed by atoms with Crippen molar-refractivity contribution < 1.29 is 18.7 Å². The zero-order valence-corrected chi connectivity index (χ0v) is 16.8. The number of amides is 1. The van der Waals surface area contributed by atoms with Gasteiger partial charge in [0.1, 0.15) is 29.6 Å². The van der Waals surface area contributed by atoms with Crippen molar-refractivity contribution in [3.63, 3.8) is 0 Å². The Bertz CT molecular complexity index is 1130. The number of furan rings is 1. The Morgan fingerprint density at radius 3 is 2.69 bits per heavy atom. The highest BCUT2D eigenvalue weighted by Gasteiger charge is 2.24. The first-order valence-corrected chi connectivity index (χ1v) is 9.34. The van der Waals surface area contributed by atoms with Gasteiger partial charge in [-0.3, -0.25) is 14.2 Å². The maximum atomic E-state index is 12.9. The van der Waals surface area contributed by atoms with Crippen molar-refractivity contribution in [2.24, 2.45) is 0 Å². The molecule has 0 spiro atoms. The van der Waals surface area contributed by atoms with Crippen LogP contribution in [0.5, 0.6) is 0 Å². The monoisotopic (exact) mass is 397 g/mol. The number of hydrogen-bond donors (Lipinski definition) is 1. The highest BCUT2D eigenvalue weighted by molar-refractivity contribution is 6.03. The molecule has 1 N–H and O–H groups in total. The van der Waals surface area contributed by atoms with E-state index < -0.39 is 11.5 Å². The SMILES string of the molecule is CCOC(=O)c1c(C)oc2ncn(CC(=O)NC(C)c3ccccc3C)c(=O)c12. The first-order chi connectivity index (χ1) is 13.8. The van der Waals surface area contributed by atoms with Gasteiger partial charge in [0.25, 0.3) is 5.56 Å². The molecule has 3 rings (SSSR count). The second-order valence-electron chi connectivity index (χ2n) is 6.76. The normalized spacial score (nSPS) is 12.0. The standard InChI is InChI=1S/C21H23N3O5/c1-5-28-21(27)17-14(4)29-19-18(17)20(26)24(11-22-19)10-16(25)23-13(3)15-9-7-6-8-12(15)2/h6-9,11,13H,5,10H2,1-4H3,(H,23,25). The number of nitrogens with one attached hydrogen (secondary N) is 1. The molecule has 0 bridgehead atoms. The molecular weight excluding hydrogens is 374 g/mol. The Kier molecular flexibility index (Phi) is 5.81. The van der Waals surface area contributed by atoms with E-state index in [9.17, 15) is 14.4 Å². The third-order valence-corrected chi connectivity index (χ3v) is 4.68. The minimum Gasteiger partial charge on any atom is -0.462 e. The van der Waals surface area contributed by atoms with Gasteiger partial charge in [-0.05, 0) is 38.8 Å². The van der Waals surface area contributed by atoms with Crippen LogP contribution in [-0.2, 0) is 16.1 Å². The van der Waals surface area contributed by atoms with Gasteiger partial charge >= 0.3 is 5.97 Å². The minimum atomic E-state index is -0.655. The van der Waals surface area contributed by atoms with Gasteiger partial charge < -0.3 is 14.5 Å². The Balaban J connectivity index is 1.87. The van der Waals surface area contributed by atoms with E-state index in [1.807, 2.05) is 38.1 Å². The van der Waals surface area contributed by atoms with Crippen LogP contribution in [0.2, 0.25) is 0 Å². The predicted molar refractivity (Wildman–Crippen MR) is 107 cm³/mol. The van der Waals surface area contributed by atoms with Crippen molar-refractivity contribution >= 4 is 23.0 Å². The lowest BCUT2D eigenvalue weighted by atomic mass is 10.0. The molecule has 1 atom stereocenters. The fourth-order valence-electron chi connectivity index (χ4n) is 3.29. The highest BCUT2D eigenvalue weighted by Crippen LogP contribution is 2.22. The summed E-state index contributed by atoms with van der Waals surface area (Å²) in [6.45, 7) is 7.02. The number of rotatable bonds is 6. The number of aryl methyl sites for hydroxylation is 2. The number of hydrogen-bond acceptors (Lipinski definition) is 6. The van der Waals surface area contributed by atoms with Crippen LogP contribution in [-0.4, -0.2) is 28.0 Å². The van der Waals surface area contributed by atoms with Crippen molar-refractivity contribution in [1.29, 1.82) is 0 Å². The van der Waals surface area contributed by atoms with Gasteiger partial charge in [-0.25, -0.2) is 9.78 Å². The van der Waals surface area contributed by atoms with Crippen LogP contribution >= 0.6 is 0 Å². The third-order valence-electron chi connectivity index (χ3n) is 4.68. The van der Waals surface area contributed by atoms with E-state index in [0.717, 1.165) is 15.7 Å². The summed E-state index contributed by atoms with van der Waals surface area (Å²) in [7, 11) is 0. The van der Waals surface area contributed by atoms with Gasteiger partial charge in [0, 0.05) is 0 Å². The summed E-state index contributed by atoms with van der Waals surface area (Å²) in [5, 5.41) is 2.90. The summed E-state index contributed by atoms with van der Waals surface area (Å²) in [5.41, 5.74) is 1.61. The summed E-state index contributed by atoms with van der Waals surface area (Å²) in [5.74, 6) is -0.752. The molecule has 29 heavy (non-hydrogen) atoms. The summed E-state index contributed by atoms with van der Waals surface area (Å²) >= 11 is 0. The third kappa shape index (κ3) is 4.06. The molecule has 1 amide bonds. The second-order valence-corrected chi connectivity index (χ2v) is 6.76. The van der Waals surface area contributed by atoms with Gasteiger partial charge in [-0.2, -0.15) is 0 Å². The van der Waals surface area contributed by atoms with Crippen molar-refractivity contribution in [3.8, 4) is 0 Å². The van der Waals surface area contributed by atoms with Crippen LogP contribution in [0.25, 0.3) is 11.1 Å². The molecule has 2 heterocycles. The molecule has 8 nitrogen and oxygen atoms in total. The number of carbonyl (C=O) groups is 2. The Hall–Kier alpha value is -3.42. The fourth-order valence-corrected chi connectivity index (χ4v) is 3.29. The van der Waals surface area contributed by atoms with Gasteiger partial charge in [0.15, 0.2) is 0 Å². The van der Waals surface area contributed by atoms with Crippen molar-refractivity contribution in [1.82, 2.24) is 14.9 Å². The van der Waals surface area contributed by atoms with Crippen molar-refractivity contribution in [2.75, 3.05) is 6.61 Å². The van der Waals surface area contributed by atoms with Gasteiger partial charge in [0.2, 0.25) is 11.6 Å². The van der Waals surface area contributed by atoms with E-state index in [0.29, 0.717) is 0 Å². The summed E-state index contributed by atoms with van der Waals surface area (Å²) < 4.78 is 11.6. The van der Waals surface area contributed by atoms with E-state index >= 15 is 0 Å². The molecule has 0 aliphatic carbocycles. The zero-order valence-electron chi connectivity index (χ0n) is 16.8. The molecular formula is C21H23N3O5. The molecule has 0 fully saturated rings. The van der Waals surface area contributed by atoms with E-state index in [1.54, 1.807) is 13.8 Å². The Morgan fingerprint density at radius 2 is 2.00 bits per heavy atom. The zero-order chi connectivity index (χ0) is 21.1. The molecule has 152 valence electrons. The molecule has 0 radical (unpaired) electrons. The number of ether oxygens (including phenoxy) is 1. The highest BCUT2D eigenvalue weighted by atomic mass is 16.5. The lowest BCUT2D eigenvalue weighted by Gasteiger charge is -2.17. The van der Waals surface area contributed by atoms with Crippen LogP contribution in [0.4, 0.5) is 0 Å². The van der Waals surface area contributed by atoms with Gasteiger partial charge in [-0.15, -0.1) is 0 Å². The summed E-state index contributed by atoms with van der Waals surface area (Å²) in [6, 6.07) is 7.54. The Labute approximate surface area is 167 Å². The quantitative estimate of drug-likeness (QED) is 0.642. The number of benzene rings is 1. The van der Waals surface area contributed by atoms with Crippen LogP contribution in [0.3, 0.4) is 0 Å². The molecule has 1 aromatic carbocycles. The molecule has 0 aliphatic rings. The summed E-state index contributed by atoms with van der Waals surface area (Å²) in [6.07, 6.45) is 1.24. The first kappa shape index (κ1) is 20.3. The molecule has 0 saturated heterocycles. The van der Waals surface area contributed by atoms with E-state index in [2.05, 4.69) is 10.3 Å². The maximum absolute atomic E-state index is 12.9. The van der Waals surface area contributed by atoms with Gasteiger partial charge in [-0.1, -0.05) is 24.3 Å².